The van der Waals surface area contributed by atoms with Crippen molar-refractivity contribution in [3.05, 3.63) is 0 Å². The Hall–Kier alpha value is -0.610. The molecular weight excluding hydrogens is 264 g/mol. The van der Waals surface area contributed by atoms with Gasteiger partial charge in [-0.1, -0.05) is 0 Å². The Kier molecular flexibility index (Phi) is 5.53. The molecule has 0 radical (unpaired) electrons. The van der Waals surface area contributed by atoms with Crippen LogP contribution >= 0.6 is 0 Å². The van der Waals surface area contributed by atoms with Gasteiger partial charge in [0, 0.05) is 39.3 Å². The number of rotatable bonds is 4. The highest BCUT2D eigenvalue weighted by molar-refractivity contribution is 5.76. The molecule has 4 nitrogen and oxygen atoms in total. The number of carbonyl (C=O) groups is 1. The Morgan fingerprint density at radius 1 is 0.952 bits per heavy atom. The van der Waals surface area contributed by atoms with Crippen LogP contribution in [-0.2, 0) is 9.53 Å². The maximum Gasteiger partial charge on any atom is 0.222 e. The van der Waals surface area contributed by atoms with Crippen LogP contribution in [0.4, 0.5) is 0 Å². The standard InChI is InChI=1S/C17H30N2O2/c20-17(12-16-4-3-11-21-14-16)19-9-5-15(6-10-19)13-18-7-1-2-8-18/h15-16H,1-14H2/t16-/m1/s1. The van der Waals surface area contributed by atoms with E-state index in [-0.39, 0.29) is 0 Å². The maximum atomic E-state index is 12.4. The lowest BCUT2D eigenvalue weighted by atomic mass is 9.94. The molecule has 0 aromatic rings. The van der Waals surface area contributed by atoms with Gasteiger partial charge in [-0.05, 0) is 63.5 Å². The van der Waals surface area contributed by atoms with E-state index in [1.165, 1.54) is 45.3 Å². The first-order chi connectivity index (χ1) is 10.3. The van der Waals surface area contributed by atoms with Crippen LogP contribution in [0.25, 0.3) is 0 Å². The highest BCUT2D eigenvalue weighted by Crippen LogP contribution is 2.23. The van der Waals surface area contributed by atoms with E-state index in [2.05, 4.69) is 9.80 Å². The summed E-state index contributed by atoms with van der Waals surface area (Å²) >= 11 is 0. The third kappa shape index (κ3) is 4.43. The van der Waals surface area contributed by atoms with E-state index in [9.17, 15) is 4.79 Å². The molecule has 3 aliphatic rings. The van der Waals surface area contributed by atoms with E-state index in [1.54, 1.807) is 0 Å². The van der Waals surface area contributed by atoms with Crippen LogP contribution in [0.1, 0.15) is 44.9 Å². The van der Waals surface area contributed by atoms with Crippen molar-refractivity contribution in [3.63, 3.8) is 0 Å². The fourth-order valence-electron chi connectivity index (χ4n) is 4.04. The zero-order chi connectivity index (χ0) is 14.5. The van der Waals surface area contributed by atoms with Crippen molar-refractivity contribution in [1.29, 1.82) is 0 Å². The molecule has 3 rings (SSSR count). The molecular formula is C17H30N2O2. The quantitative estimate of drug-likeness (QED) is 0.796. The number of hydrogen-bond donors (Lipinski definition) is 0. The van der Waals surface area contributed by atoms with E-state index < -0.39 is 0 Å². The molecule has 0 N–H and O–H groups in total. The van der Waals surface area contributed by atoms with Crippen LogP contribution in [0, 0.1) is 11.8 Å². The number of piperidine rings is 1. The summed E-state index contributed by atoms with van der Waals surface area (Å²) in [5.74, 6) is 1.64. The molecule has 3 fully saturated rings. The van der Waals surface area contributed by atoms with Gasteiger partial charge < -0.3 is 14.5 Å². The lowest BCUT2D eigenvalue weighted by Crippen LogP contribution is -2.42. The highest BCUT2D eigenvalue weighted by atomic mass is 16.5. The van der Waals surface area contributed by atoms with E-state index in [4.69, 9.17) is 4.74 Å². The Morgan fingerprint density at radius 3 is 2.38 bits per heavy atom. The topological polar surface area (TPSA) is 32.8 Å². The summed E-state index contributed by atoms with van der Waals surface area (Å²) in [4.78, 5) is 17.1. The minimum Gasteiger partial charge on any atom is -0.381 e. The minimum absolute atomic E-state index is 0.366. The zero-order valence-electron chi connectivity index (χ0n) is 13.3. The molecule has 4 heteroatoms. The van der Waals surface area contributed by atoms with Crippen LogP contribution < -0.4 is 0 Å². The molecule has 21 heavy (non-hydrogen) atoms. The van der Waals surface area contributed by atoms with Crippen molar-refractivity contribution in [1.82, 2.24) is 9.80 Å². The van der Waals surface area contributed by atoms with Crippen molar-refractivity contribution in [2.75, 3.05) is 45.9 Å². The van der Waals surface area contributed by atoms with Crippen LogP contribution in [0.5, 0.6) is 0 Å². The second-order valence-electron chi connectivity index (χ2n) is 7.12. The molecule has 120 valence electrons. The zero-order valence-corrected chi connectivity index (χ0v) is 13.3. The van der Waals surface area contributed by atoms with Gasteiger partial charge in [-0.3, -0.25) is 4.79 Å². The van der Waals surface area contributed by atoms with Crippen LogP contribution in [0.3, 0.4) is 0 Å². The molecule has 3 heterocycles. The molecule has 0 unspecified atom stereocenters. The third-order valence-corrected chi connectivity index (χ3v) is 5.40. The number of likely N-dealkylation sites (tertiary alicyclic amines) is 2. The van der Waals surface area contributed by atoms with Gasteiger partial charge in [0.2, 0.25) is 5.91 Å². The lowest BCUT2D eigenvalue weighted by Gasteiger charge is -2.35. The van der Waals surface area contributed by atoms with Crippen molar-refractivity contribution in [2.45, 2.75) is 44.9 Å². The Balaban J connectivity index is 1.37. The summed E-state index contributed by atoms with van der Waals surface area (Å²) in [6, 6.07) is 0. The van der Waals surface area contributed by atoms with Crippen molar-refractivity contribution in [3.8, 4) is 0 Å². The summed E-state index contributed by atoms with van der Waals surface area (Å²) in [7, 11) is 0. The number of carbonyl (C=O) groups excluding carboxylic acids is 1. The smallest absolute Gasteiger partial charge is 0.222 e. The molecule has 0 aliphatic carbocycles. The van der Waals surface area contributed by atoms with Gasteiger partial charge in [-0.15, -0.1) is 0 Å². The molecule has 1 amide bonds. The number of ether oxygens (including phenoxy) is 1. The Bertz CT molecular complexity index is 328. The summed E-state index contributed by atoms with van der Waals surface area (Å²) in [6.07, 6.45) is 8.14. The van der Waals surface area contributed by atoms with Gasteiger partial charge in [-0.2, -0.15) is 0 Å². The second-order valence-corrected chi connectivity index (χ2v) is 7.12. The molecule has 0 aromatic carbocycles. The van der Waals surface area contributed by atoms with Crippen LogP contribution in [-0.4, -0.2) is 61.6 Å². The molecule has 3 saturated heterocycles. The first-order valence-corrected chi connectivity index (χ1v) is 8.89. The molecule has 0 aromatic heterocycles. The van der Waals surface area contributed by atoms with Gasteiger partial charge >= 0.3 is 0 Å². The van der Waals surface area contributed by atoms with Crippen molar-refractivity contribution in [2.24, 2.45) is 11.8 Å². The summed E-state index contributed by atoms with van der Waals surface area (Å²) in [5.41, 5.74) is 0. The summed E-state index contributed by atoms with van der Waals surface area (Å²) in [5, 5.41) is 0. The number of nitrogens with zero attached hydrogens (tertiary/aromatic N) is 2. The van der Waals surface area contributed by atoms with Gasteiger partial charge in [-0.25, -0.2) is 0 Å². The van der Waals surface area contributed by atoms with Crippen LogP contribution in [0.15, 0.2) is 0 Å². The van der Waals surface area contributed by atoms with Gasteiger partial charge in [0.25, 0.3) is 0 Å². The Labute approximate surface area is 128 Å². The predicted molar refractivity (Wildman–Crippen MR) is 83.1 cm³/mol. The highest BCUT2D eigenvalue weighted by Gasteiger charge is 2.27. The minimum atomic E-state index is 0.366. The fraction of sp³-hybridized carbons (Fsp3) is 0.941. The maximum absolute atomic E-state index is 12.4. The summed E-state index contributed by atoms with van der Waals surface area (Å²) < 4.78 is 5.49. The lowest BCUT2D eigenvalue weighted by molar-refractivity contribution is -0.134. The molecule has 1 atom stereocenters. The van der Waals surface area contributed by atoms with Crippen LogP contribution in [0.2, 0.25) is 0 Å². The predicted octanol–water partition coefficient (Wildman–Crippen LogP) is 2.14. The Morgan fingerprint density at radius 2 is 1.71 bits per heavy atom. The third-order valence-electron chi connectivity index (χ3n) is 5.40. The molecule has 0 saturated carbocycles. The van der Waals surface area contributed by atoms with Crippen molar-refractivity contribution >= 4 is 5.91 Å². The van der Waals surface area contributed by atoms with Gasteiger partial charge in [0.15, 0.2) is 0 Å². The average Bonchev–Trinajstić information content (AvgIpc) is 3.02. The van der Waals surface area contributed by atoms with E-state index in [0.29, 0.717) is 18.2 Å². The average molecular weight is 294 g/mol. The van der Waals surface area contributed by atoms with E-state index >= 15 is 0 Å². The SMILES string of the molecule is O=C(C[C@H]1CCCOC1)N1CCC(CN2CCCC2)CC1. The number of amides is 1. The molecule has 0 bridgehead atoms. The van der Waals surface area contributed by atoms with E-state index in [0.717, 1.165) is 45.1 Å². The van der Waals surface area contributed by atoms with Gasteiger partial charge in [0.05, 0.1) is 0 Å². The largest absolute Gasteiger partial charge is 0.381 e. The van der Waals surface area contributed by atoms with Gasteiger partial charge in [0.1, 0.15) is 0 Å². The summed E-state index contributed by atoms with van der Waals surface area (Å²) in [6.45, 7) is 7.47. The normalized spacial score (nSPS) is 29.0. The fourth-order valence-corrected chi connectivity index (χ4v) is 4.04. The number of hydrogen-bond acceptors (Lipinski definition) is 3. The van der Waals surface area contributed by atoms with Crippen molar-refractivity contribution < 1.29 is 9.53 Å². The molecule has 0 spiro atoms. The van der Waals surface area contributed by atoms with E-state index in [1.807, 2.05) is 0 Å². The monoisotopic (exact) mass is 294 g/mol. The molecule has 3 aliphatic heterocycles. The first-order valence-electron chi connectivity index (χ1n) is 8.89. The second kappa shape index (κ2) is 7.59. The first kappa shape index (κ1) is 15.3.